The molecule has 1 atom stereocenters. The van der Waals surface area contributed by atoms with Crippen LogP contribution < -0.4 is 5.32 Å². The second kappa shape index (κ2) is 5.31. The summed E-state index contributed by atoms with van der Waals surface area (Å²) in [7, 11) is 0. The van der Waals surface area contributed by atoms with Crippen molar-refractivity contribution in [2.45, 2.75) is 13.0 Å². The SMILES string of the molecule is CCNC(c1cc2cccc(F)c2o1)c1ccoc1Cl. The molecule has 104 valence electrons. The number of rotatable bonds is 4. The van der Waals surface area contributed by atoms with E-state index in [-0.39, 0.29) is 17.4 Å². The number of hydrogen-bond acceptors (Lipinski definition) is 3. The Morgan fingerprint density at radius 1 is 1.35 bits per heavy atom. The van der Waals surface area contributed by atoms with Crippen LogP contribution >= 0.6 is 11.6 Å². The first-order chi connectivity index (χ1) is 9.70. The minimum atomic E-state index is -0.373. The fourth-order valence-electron chi connectivity index (χ4n) is 2.27. The summed E-state index contributed by atoms with van der Waals surface area (Å²) in [5.74, 6) is 0.234. The fourth-order valence-corrected chi connectivity index (χ4v) is 2.49. The standard InChI is InChI=1S/C15H13ClFNO2/c1-2-18-13(10-6-7-19-15(10)16)12-8-9-4-3-5-11(17)14(9)20-12/h3-8,13,18H,2H2,1H3. The molecule has 3 nitrogen and oxygen atoms in total. The first-order valence-electron chi connectivity index (χ1n) is 6.35. The molecule has 1 N–H and O–H groups in total. The maximum atomic E-state index is 13.7. The van der Waals surface area contributed by atoms with Gasteiger partial charge in [0.25, 0.3) is 0 Å². The van der Waals surface area contributed by atoms with Crippen molar-refractivity contribution in [1.82, 2.24) is 5.32 Å². The van der Waals surface area contributed by atoms with Crippen LogP contribution in [-0.2, 0) is 0 Å². The average molecular weight is 294 g/mol. The number of halogens is 2. The van der Waals surface area contributed by atoms with Crippen LogP contribution in [0.1, 0.15) is 24.3 Å². The molecule has 3 rings (SSSR count). The highest BCUT2D eigenvalue weighted by molar-refractivity contribution is 6.29. The predicted molar refractivity (Wildman–Crippen MR) is 75.4 cm³/mol. The molecule has 2 aromatic heterocycles. The van der Waals surface area contributed by atoms with Crippen LogP contribution in [0.15, 0.2) is 45.4 Å². The highest BCUT2D eigenvalue weighted by Crippen LogP contribution is 2.33. The van der Waals surface area contributed by atoms with E-state index in [0.717, 1.165) is 10.9 Å². The third-order valence-electron chi connectivity index (χ3n) is 3.16. The van der Waals surface area contributed by atoms with E-state index in [4.69, 9.17) is 20.4 Å². The monoisotopic (exact) mass is 293 g/mol. The van der Waals surface area contributed by atoms with Gasteiger partial charge in [0.15, 0.2) is 16.6 Å². The van der Waals surface area contributed by atoms with Crippen molar-refractivity contribution in [3.8, 4) is 0 Å². The summed E-state index contributed by atoms with van der Waals surface area (Å²) >= 11 is 6.03. The van der Waals surface area contributed by atoms with Crippen molar-refractivity contribution in [2.24, 2.45) is 0 Å². The lowest BCUT2D eigenvalue weighted by Gasteiger charge is -2.13. The maximum Gasteiger partial charge on any atom is 0.198 e. The Labute approximate surface area is 120 Å². The van der Waals surface area contributed by atoms with Gasteiger partial charge in [0.05, 0.1) is 12.3 Å². The zero-order chi connectivity index (χ0) is 14.1. The molecule has 0 saturated carbocycles. The third-order valence-corrected chi connectivity index (χ3v) is 3.47. The van der Waals surface area contributed by atoms with Crippen LogP contribution in [0.5, 0.6) is 0 Å². The molecule has 0 spiro atoms. The molecule has 0 aliphatic heterocycles. The van der Waals surface area contributed by atoms with Crippen LogP contribution in [-0.4, -0.2) is 6.54 Å². The van der Waals surface area contributed by atoms with Gasteiger partial charge in [-0.1, -0.05) is 19.1 Å². The molecule has 0 bridgehead atoms. The van der Waals surface area contributed by atoms with Crippen molar-refractivity contribution >= 4 is 22.6 Å². The topological polar surface area (TPSA) is 38.3 Å². The Morgan fingerprint density at radius 2 is 2.20 bits per heavy atom. The summed E-state index contributed by atoms with van der Waals surface area (Å²) < 4.78 is 24.5. The number of benzene rings is 1. The Balaban J connectivity index is 2.10. The van der Waals surface area contributed by atoms with Crippen molar-refractivity contribution in [3.05, 3.63) is 59.0 Å². The van der Waals surface area contributed by atoms with E-state index in [1.54, 1.807) is 12.1 Å². The molecule has 0 aliphatic rings. The number of fused-ring (bicyclic) bond motifs is 1. The second-order valence-electron chi connectivity index (χ2n) is 4.45. The van der Waals surface area contributed by atoms with Crippen LogP contribution in [0.25, 0.3) is 11.0 Å². The first kappa shape index (κ1) is 13.2. The van der Waals surface area contributed by atoms with Gasteiger partial charge in [0, 0.05) is 10.9 Å². The van der Waals surface area contributed by atoms with Crippen LogP contribution in [0.3, 0.4) is 0 Å². The molecular weight excluding hydrogens is 281 g/mol. The molecule has 3 aromatic rings. The minimum Gasteiger partial charge on any atom is -0.456 e. The summed E-state index contributed by atoms with van der Waals surface area (Å²) in [5.41, 5.74) is 1.03. The lowest BCUT2D eigenvalue weighted by Crippen LogP contribution is -2.21. The van der Waals surface area contributed by atoms with Gasteiger partial charge in [-0.05, 0) is 36.3 Å². The molecule has 0 saturated heterocycles. The zero-order valence-electron chi connectivity index (χ0n) is 10.8. The molecule has 1 unspecified atom stereocenters. The smallest absolute Gasteiger partial charge is 0.198 e. The summed E-state index contributed by atoms with van der Waals surface area (Å²) in [4.78, 5) is 0. The lowest BCUT2D eigenvalue weighted by molar-refractivity contribution is 0.461. The average Bonchev–Trinajstić information content (AvgIpc) is 3.03. The Kier molecular flexibility index (Phi) is 3.51. The van der Waals surface area contributed by atoms with Gasteiger partial charge in [0.1, 0.15) is 5.76 Å². The number of para-hydroxylation sites is 1. The van der Waals surface area contributed by atoms with Crippen molar-refractivity contribution in [1.29, 1.82) is 0 Å². The maximum absolute atomic E-state index is 13.7. The van der Waals surface area contributed by atoms with Crippen LogP contribution in [0.2, 0.25) is 5.22 Å². The minimum absolute atomic E-state index is 0.255. The van der Waals surface area contributed by atoms with Crippen LogP contribution in [0, 0.1) is 5.82 Å². The summed E-state index contributed by atoms with van der Waals surface area (Å²) in [6, 6.07) is 8.17. The Hall–Kier alpha value is -1.78. The lowest BCUT2D eigenvalue weighted by atomic mass is 10.1. The van der Waals surface area contributed by atoms with Gasteiger partial charge in [0.2, 0.25) is 0 Å². The van der Waals surface area contributed by atoms with Gasteiger partial charge in [-0.3, -0.25) is 0 Å². The number of furan rings is 2. The first-order valence-corrected chi connectivity index (χ1v) is 6.72. The molecule has 0 fully saturated rings. The van der Waals surface area contributed by atoms with Crippen molar-refractivity contribution < 1.29 is 13.2 Å². The molecule has 20 heavy (non-hydrogen) atoms. The van der Waals surface area contributed by atoms with E-state index in [9.17, 15) is 4.39 Å². The van der Waals surface area contributed by atoms with Gasteiger partial charge in [-0.15, -0.1) is 0 Å². The summed E-state index contributed by atoms with van der Waals surface area (Å²) in [6.07, 6.45) is 1.52. The molecule has 1 aromatic carbocycles. The molecular formula is C15H13ClFNO2. The van der Waals surface area contributed by atoms with Gasteiger partial charge >= 0.3 is 0 Å². The van der Waals surface area contributed by atoms with Gasteiger partial charge in [-0.2, -0.15) is 0 Å². The van der Waals surface area contributed by atoms with Gasteiger partial charge < -0.3 is 14.2 Å². The fraction of sp³-hybridized carbons (Fsp3) is 0.200. The summed E-state index contributed by atoms with van der Waals surface area (Å²) in [6.45, 7) is 2.69. The molecule has 5 heteroatoms. The molecule has 0 radical (unpaired) electrons. The number of hydrogen-bond donors (Lipinski definition) is 1. The predicted octanol–water partition coefficient (Wildman–Crippen LogP) is 4.52. The second-order valence-corrected chi connectivity index (χ2v) is 4.79. The third kappa shape index (κ3) is 2.21. The van der Waals surface area contributed by atoms with E-state index < -0.39 is 0 Å². The van der Waals surface area contributed by atoms with Gasteiger partial charge in [-0.25, -0.2) is 4.39 Å². The van der Waals surface area contributed by atoms with Crippen LogP contribution in [0.4, 0.5) is 4.39 Å². The quantitative estimate of drug-likeness (QED) is 0.769. The normalized spacial score (nSPS) is 12.9. The van der Waals surface area contributed by atoms with Crippen molar-refractivity contribution in [2.75, 3.05) is 6.54 Å². The Morgan fingerprint density at radius 3 is 2.85 bits per heavy atom. The molecule has 2 heterocycles. The number of nitrogens with one attached hydrogen (secondary N) is 1. The highest BCUT2D eigenvalue weighted by Gasteiger charge is 2.22. The van der Waals surface area contributed by atoms with Crippen molar-refractivity contribution in [3.63, 3.8) is 0 Å². The molecule has 0 aliphatic carbocycles. The summed E-state index contributed by atoms with van der Waals surface area (Å²) in [5, 5.41) is 4.29. The highest BCUT2D eigenvalue weighted by atomic mass is 35.5. The van der Waals surface area contributed by atoms with E-state index in [1.807, 2.05) is 19.1 Å². The largest absolute Gasteiger partial charge is 0.456 e. The van der Waals surface area contributed by atoms with E-state index in [2.05, 4.69) is 5.32 Å². The van der Waals surface area contributed by atoms with E-state index in [0.29, 0.717) is 17.5 Å². The van der Waals surface area contributed by atoms with E-state index in [1.165, 1.54) is 12.3 Å². The molecule has 0 amide bonds. The van der Waals surface area contributed by atoms with E-state index >= 15 is 0 Å². The zero-order valence-corrected chi connectivity index (χ0v) is 11.6. The Bertz CT molecular complexity index is 734.